The van der Waals surface area contributed by atoms with Gasteiger partial charge in [0, 0.05) is 28.5 Å². The summed E-state index contributed by atoms with van der Waals surface area (Å²) in [5.41, 5.74) is 1.64. The standard InChI is InChI=1S/C18H13BrN2O3/c1-11(22)24-16-9-8-15(17-14(16)3-2-10-20-17)21-18(23)12-4-6-13(19)7-5-12/h2-10H,1H3,(H,21,23). The van der Waals surface area contributed by atoms with Gasteiger partial charge in [-0.3, -0.25) is 14.6 Å². The number of nitrogens with zero attached hydrogens (tertiary/aromatic N) is 1. The minimum atomic E-state index is -0.410. The minimum Gasteiger partial charge on any atom is -0.426 e. The van der Waals surface area contributed by atoms with Crippen LogP contribution < -0.4 is 10.1 Å². The second kappa shape index (κ2) is 6.80. The maximum atomic E-state index is 12.4. The van der Waals surface area contributed by atoms with Crippen LogP contribution in [0.5, 0.6) is 5.75 Å². The van der Waals surface area contributed by atoms with E-state index in [1.807, 2.05) is 0 Å². The Hall–Kier alpha value is -2.73. The summed E-state index contributed by atoms with van der Waals surface area (Å²) in [5, 5.41) is 3.50. The number of carbonyl (C=O) groups excluding carboxylic acids is 2. The molecule has 0 unspecified atom stereocenters. The van der Waals surface area contributed by atoms with Crippen LogP contribution in [0.2, 0.25) is 0 Å². The first-order valence-corrected chi connectivity index (χ1v) is 7.97. The SMILES string of the molecule is CC(=O)Oc1ccc(NC(=O)c2ccc(Br)cc2)c2ncccc12. The van der Waals surface area contributed by atoms with Crippen LogP contribution in [0.4, 0.5) is 5.69 Å². The lowest BCUT2D eigenvalue weighted by atomic mass is 10.1. The van der Waals surface area contributed by atoms with Gasteiger partial charge in [0.25, 0.3) is 5.91 Å². The molecule has 0 spiro atoms. The van der Waals surface area contributed by atoms with Crippen LogP contribution in [0, 0.1) is 0 Å². The number of hydrogen-bond acceptors (Lipinski definition) is 4. The number of aromatic nitrogens is 1. The molecule has 5 nitrogen and oxygen atoms in total. The lowest BCUT2D eigenvalue weighted by Crippen LogP contribution is -2.12. The molecule has 0 aliphatic rings. The van der Waals surface area contributed by atoms with E-state index >= 15 is 0 Å². The first kappa shape index (κ1) is 16.1. The van der Waals surface area contributed by atoms with E-state index in [9.17, 15) is 9.59 Å². The van der Waals surface area contributed by atoms with Crippen molar-refractivity contribution in [2.45, 2.75) is 6.92 Å². The number of esters is 1. The highest BCUT2D eigenvalue weighted by Crippen LogP contribution is 2.30. The number of benzene rings is 2. The number of hydrogen-bond donors (Lipinski definition) is 1. The maximum absolute atomic E-state index is 12.4. The molecule has 0 atom stereocenters. The molecule has 0 saturated carbocycles. The fraction of sp³-hybridized carbons (Fsp3) is 0.0556. The van der Waals surface area contributed by atoms with E-state index in [1.54, 1.807) is 54.7 Å². The number of amides is 1. The summed E-state index contributed by atoms with van der Waals surface area (Å²) in [6.45, 7) is 1.34. The van der Waals surface area contributed by atoms with E-state index in [0.717, 1.165) is 4.47 Å². The van der Waals surface area contributed by atoms with Gasteiger partial charge >= 0.3 is 5.97 Å². The van der Waals surface area contributed by atoms with Crippen molar-refractivity contribution in [3.05, 3.63) is 64.8 Å². The molecule has 0 aliphatic carbocycles. The summed E-state index contributed by atoms with van der Waals surface area (Å²) >= 11 is 3.34. The van der Waals surface area contributed by atoms with Crippen LogP contribution >= 0.6 is 15.9 Å². The van der Waals surface area contributed by atoms with Gasteiger partial charge in [0.05, 0.1) is 11.2 Å². The van der Waals surface area contributed by atoms with Crippen molar-refractivity contribution < 1.29 is 14.3 Å². The van der Waals surface area contributed by atoms with E-state index in [-0.39, 0.29) is 5.91 Å². The van der Waals surface area contributed by atoms with E-state index in [1.165, 1.54) is 6.92 Å². The second-order valence-corrected chi connectivity index (χ2v) is 5.98. The van der Waals surface area contributed by atoms with Crippen molar-refractivity contribution >= 4 is 44.4 Å². The van der Waals surface area contributed by atoms with Gasteiger partial charge in [-0.15, -0.1) is 0 Å². The monoisotopic (exact) mass is 384 g/mol. The summed E-state index contributed by atoms with van der Waals surface area (Å²) in [6, 6.07) is 13.9. The van der Waals surface area contributed by atoms with Crippen molar-refractivity contribution in [3.8, 4) is 5.75 Å². The normalized spacial score (nSPS) is 10.4. The molecule has 3 aromatic rings. The van der Waals surface area contributed by atoms with Gasteiger partial charge in [0.2, 0.25) is 0 Å². The number of halogens is 1. The number of fused-ring (bicyclic) bond motifs is 1. The fourth-order valence-electron chi connectivity index (χ4n) is 2.29. The van der Waals surface area contributed by atoms with Crippen molar-refractivity contribution in [1.29, 1.82) is 0 Å². The van der Waals surface area contributed by atoms with Crippen LogP contribution in [0.3, 0.4) is 0 Å². The van der Waals surface area contributed by atoms with Crippen molar-refractivity contribution in [2.24, 2.45) is 0 Å². The lowest BCUT2D eigenvalue weighted by Gasteiger charge is -2.11. The Morgan fingerprint density at radius 2 is 1.83 bits per heavy atom. The summed E-state index contributed by atoms with van der Waals surface area (Å²) in [6.07, 6.45) is 1.62. The number of ether oxygens (including phenoxy) is 1. The Labute approximate surface area is 146 Å². The Bertz CT molecular complexity index is 923. The molecule has 1 aromatic heterocycles. The Balaban J connectivity index is 1.96. The first-order valence-electron chi connectivity index (χ1n) is 7.17. The number of nitrogens with one attached hydrogen (secondary N) is 1. The second-order valence-electron chi connectivity index (χ2n) is 5.07. The van der Waals surface area contributed by atoms with Crippen LogP contribution in [-0.2, 0) is 4.79 Å². The molecule has 0 saturated heterocycles. The smallest absolute Gasteiger partial charge is 0.308 e. The van der Waals surface area contributed by atoms with Gasteiger partial charge in [-0.1, -0.05) is 15.9 Å². The van der Waals surface area contributed by atoms with Crippen molar-refractivity contribution in [1.82, 2.24) is 4.98 Å². The van der Waals surface area contributed by atoms with Gasteiger partial charge in [-0.25, -0.2) is 0 Å². The zero-order chi connectivity index (χ0) is 17.1. The molecule has 120 valence electrons. The molecule has 2 aromatic carbocycles. The van der Waals surface area contributed by atoms with Crippen LogP contribution in [-0.4, -0.2) is 16.9 Å². The Morgan fingerprint density at radius 1 is 1.08 bits per heavy atom. The molecule has 0 bridgehead atoms. The molecular weight excluding hydrogens is 372 g/mol. The molecule has 0 aliphatic heterocycles. The number of carbonyl (C=O) groups is 2. The Kier molecular flexibility index (Phi) is 4.57. The summed E-state index contributed by atoms with van der Waals surface area (Å²) in [7, 11) is 0. The average Bonchev–Trinajstić information content (AvgIpc) is 2.57. The summed E-state index contributed by atoms with van der Waals surface area (Å²) in [5.74, 6) is -0.242. The number of pyridine rings is 1. The zero-order valence-corrected chi connectivity index (χ0v) is 14.3. The average molecular weight is 385 g/mol. The first-order chi connectivity index (χ1) is 11.5. The molecule has 6 heteroatoms. The predicted molar refractivity (Wildman–Crippen MR) is 95.1 cm³/mol. The van der Waals surface area contributed by atoms with Crippen LogP contribution in [0.25, 0.3) is 10.9 Å². The molecular formula is C18H13BrN2O3. The van der Waals surface area contributed by atoms with E-state index in [2.05, 4.69) is 26.2 Å². The number of anilines is 1. The van der Waals surface area contributed by atoms with Gasteiger partial charge in [0.1, 0.15) is 5.75 Å². The van der Waals surface area contributed by atoms with E-state index in [0.29, 0.717) is 27.9 Å². The zero-order valence-electron chi connectivity index (χ0n) is 12.7. The van der Waals surface area contributed by atoms with Gasteiger partial charge in [-0.05, 0) is 48.5 Å². The van der Waals surface area contributed by atoms with Crippen molar-refractivity contribution in [2.75, 3.05) is 5.32 Å². The van der Waals surface area contributed by atoms with Gasteiger partial charge in [-0.2, -0.15) is 0 Å². The summed E-state index contributed by atoms with van der Waals surface area (Å²) in [4.78, 5) is 27.9. The van der Waals surface area contributed by atoms with Crippen LogP contribution in [0.15, 0.2) is 59.2 Å². The van der Waals surface area contributed by atoms with E-state index in [4.69, 9.17) is 4.74 Å². The van der Waals surface area contributed by atoms with Gasteiger partial charge < -0.3 is 10.1 Å². The third kappa shape index (κ3) is 3.44. The minimum absolute atomic E-state index is 0.241. The lowest BCUT2D eigenvalue weighted by molar-refractivity contribution is -0.131. The molecule has 24 heavy (non-hydrogen) atoms. The predicted octanol–water partition coefficient (Wildman–Crippen LogP) is 4.17. The molecule has 3 rings (SSSR count). The van der Waals surface area contributed by atoms with Crippen molar-refractivity contribution in [3.63, 3.8) is 0 Å². The topological polar surface area (TPSA) is 68.3 Å². The fourth-order valence-corrected chi connectivity index (χ4v) is 2.55. The van der Waals surface area contributed by atoms with E-state index < -0.39 is 5.97 Å². The highest BCUT2D eigenvalue weighted by Gasteiger charge is 2.12. The highest BCUT2D eigenvalue weighted by atomic mass is 79.9. The third-order valence-electron chi connectivity index (χ3n) is 3.34. The largest absolute Gasteiger partial charge is 0.426 e. The third-order valence-corrected chi connectivity index (χ3v) is 3.87. The number of rotatable bonds is 3. The summed E-state index contributed by atoms with van der Waals surface area (Å²) < 4.78 is 6.09. The quantitative estimate of drug-likeness (QED) is 0.543. The molecule has 1 N–H and O–H groups in total. The highest BCUT2D eigenvalue weighted by molar-refractivity contribution is 9.10. The molecule has 1 amide bonds. The van der Waals surface area contributed by atoms with Gasteiger partial charge in [0.15, 0.2) is 0 Å². The molecule has 0 radical (unpaired) electrons. The molecule has 0 fully saturated rings. The molecule has 1 heterocycles. The van der Waals surface area contributed by atoms with Crippen LogP contribution in [0.1, 0.15) is 17.3 Å². The Morgan fingerprint density at radius 3 is 2.54 bits per heavy atom. The maximum Gasteiger partial charge on any atom is 0.308 e.